The van der Waals surface area contributed by atoms with Crippen molar-refractivity contribution in [1.82, 2.24) is 9.78 Å². The zero-order valence-electron chi connectivity index (χ0n) is 14.6. The fourth-order valence-corrected chi connectivity index (χ4v) is 2.85. The van der Waals surface area contributed by atoms with Crippen LogP contribution in [-0.2, 0) is 11.3 Å². The summed E-state index contributed by atoms with van der Waals surface area (Å²) < 4.78 is 7.15. The average molecular weight is 421 g/mol. The third-order valence-corrected chi connectivity index (χ3v) is 4.26. The van der Waals surface area contributed by atoms with Crippen molar-refractivity contribution in [2.24, 2.45) is 0 Å². The first kappa shape index (κ1) is 19.7. The predicted octanol–water partition coefficient (Wildman–Crippen LogP) is 4.84. The molecular formula is C18H14Cl2N4O4. The number of aryl methyl sites for hydroxylation is 1. The third kappa shape index (κ3) is 4.79. The van der Waals surface area contributed by atoms with Crippen LogP contribution in [0.4, 0.5) is 11.4 Å². The molecule has 0 bridgehead atoms. The molecule has 0 aliphatic heterocycles. The molecule has 0 unspecified atom stereocenters. The van der Waals surface area contributed by atoms with Gasteiger partial charge in [-0.2, -0.15) is 5.10 Å². The van der Waals surface area contributed by atoms with Crippen molar-refractivity contribution in [2.75, 3.05) is 5.32 Å². The number of carbonyl (C=O) groups excluding carboxylic acids is 1. The van der Waals surface area contributed by atoms with Crippen LogP contribution >= 0.6 is 23.2 Å². The lowest BCUT2D eigenvalue weighted by Crippen LogP contribution is -2.20. The van der Waals surface area contributed by atoms with Gasteiger partial charge in [0.1, 0.15) is 18.0 Å². The highest BCUT2D eigenvalue weighted by molar-refractivity contribution is 6.35. The number of ether oxygens (including phenoxy) is 1. The van der Waals surface area contributed by atoms with Crippen molar-refractivity contribution in [1.29, 1.82) is 0 Å². The van der Waals surface area contributed by atoms with Gasteiger partial charge >= 0.3 is 0 Å². The van der Waals surface area contributed by atoms with E-state index in [0.717, 1.165) is 5.69 Å². The lowest BCUT2D eigenvalue weighted by molar-refractivity contribution is -0.384. The van der Waals surface area contributed by atoms with E-state index < -0.39 is 4.92 Å². The molecule has 0 saturated carbocycles. The van der Waals surface area contributed by atoms with Gasteiger partial charge in [-0.1, -0.05) is 23.2 Å². The number of hydrogen-bond donors (Lipinski definition) is 1. The number of hydrogen-bond acceptors (Lipinski definition) is 5. The zero-order chi connectivity index (χ0) is 20.3. The summed E-state index contributed by atoms with van der Waals surface area (Å²) in [7, 11) is 0. The molecule has 2 aromatic carbocycles. The van der Waals surface area contributed by atoms with Gasteiger partial charge in [-0.25, -0.2) is 0 Å². The molecule has 0 radical (unpaired) electrons. The van der Waals surface area contributed by atoms with Crippen LogP contribution in [0.3, 0.4) is 0 Å². The Balaban J connectivity index is 1.83. The van der Waals surface area contributed by atoms with Gasteiger partial charge in [-0.05, 0) is 31.2 Å². The molecule has 0 fully saturated rings. The first-order valence-electron chi connectivity index (χ1n) is 8.02. The van der Waals surface area contributed by atoms with Crippen molar-refractivity contribution in [3.8, 4) is 11.5 Å². The monoisotopic (exact) mass is 420 g/mol. The Morgan fingerprint density at radius 2 is 2.04 bits per heavy atom. The first-order chi connectivity index (χ1) is 13.3. The molecule has 144 valence electrons. The number of nitro benzene ring substituents is 1. The van der Waals surface area contributed by atoms with Gasteiger partial charge in [0.25, 0.3) is 5.69 Å². The van der Waals surface area contributed by atoms with E-state index in [1.807, 2.05) is 6.92 Å². The number of amides is 1. The number of nitrogens with one attached hydrogen (secondary N) is 1. The van der Waals surface area contributed by atoms with E-state index in [9.17, 15) is 14.9 Å². The molecule has 8 nitrogen and oxygen atoms in total. The first-order valence-corrected chi connectivity index (χ1v) is 8.78. The summed E-state index contributed by atoms with van der Waals surface area (Å²) in [5.74, 6) is 0.0303. The Hall–Kier alpha value is -3.10. The van der Waals surface area contributed by atoms with E-state index in [1.165, 1.54) is 28.9 Å². The SMILES string of the molecule is Cc1ccnn1CC(=O)Nc1cc(Oc2ccc(Cl)cc2Cl)cc([N+](=O)[O-])c1. The molecule has 10 heteroatoms. The van der Waals surface area contributed by atoms with E-state index in [0.29, 0.717) is 5.02 Å². The maximum Gasteiger partial charge on any atom is 0.275 e. The molecule has 28 heavy (non-hydrogen) atoms. The molecule has 3 aromatic rings. The number of benzene rings is 2. The fourth-order valence-electron chi connectivity index (χ4n) is 2.41. The fraction of sp³-hybridized carbons (Fsp3) is 0.111. The second kappa shape index (κ2) is 8.28. The normalized spacial score (nSPS) is 10.5. The summed E-state index contributed by atoms with van der Waals surface area (Å²) in [6.07, 6.45) is 1.58. The molecule has 0 aliphatic carbocycles. The quantitative estimate of drug-likeness (QED) is 0.454. The van der Waals surface area contributed by atoms with E-state index >= 15 is 0 Å². The number of aromatic nitrogens is 2. The number of anilines is 1. The van der Waals surface area contributed by atoms with Crippen LogP contribution in [0.15, 0.2) is 48.7 Å². The van der Waals surface area contributed by atoms with Gasteiger partial charge in [-0.3, -0.25) is 19.6 Å². The van der Waals surface area contributed by atoms with Crippen molar-refractivity contribution in [2.45, 2.75) is 13.5 Å². The molecule has 1 aromatic heterocycles. The Labute approximate surface area is 169 Å². The lowest BCUT2D eigenvalue weighted by Gasteiger charge is -2.11. The van der Waals surface area contributed by atoms with E-state index in [-0.39, 0.29) is 40.3 Å². The van der Waals surface area contributed by atoms with E-state index in [4.69, 9.17) is 27.9 Å². The standard InChI is InChI=1S/C18H14Cl2N4O4/c1-11-4-5-21-23(11)10-18(25)22-13-7-14(24(26)27)9-15(8-13)28-17-3-2-12(19)6-16(17)20/h2-9H,10H2,1H3,(H,22,25). The third-order valence-electron chi connectivity index (χ3n) is 3.73. The highest BCUT2D eigenvalue weighted by Crippen LogP contribution is 2.34. The lowest BCUT2D eigenvalue weighted by atomic mass is 10.2. The maximum absolute atomic E-state index is 12.3. The Bertz CT molecular complexity index is 1050. The van der Waals surface area contributed by atoms with Crippen LogP contribution in [0.5, 0.6) is 11.5 Å². The van der Waals surface area contributed by atoms with Crippen LogP contribution in [0, 0.1) is 17.0 Å². The molecule has 0 aliphatic rings. The molecule has 0 spiro atoms. The Morgan fingerprint density at radius 1 is 1.25 bits per heavy atom. The van der Waals surface area contributed by atoms with Crippen LogP contribution in [0.2, 0.25) is 10.0 Å². The van der Waals surface area contributed by atoms with Crippen LogP contribution in [0.1, 0.15) is 5.69 Å². The van der Waals surface area contributed by atoms with Crippen LogP contribution in [0.25, 0.3) is 0 Å². The second-order valence-electron chi connectivity index (χ2n) is 5.83. The van der Waals surface area contributed by atoms with Crippen molar-refractivity contribution in [3.63, 3.8) is 0 Å². The number of non-ortho nitro benzene ring substituents is 1. The summed E-state index contributed by atoms with van der Waals surface area (Å²) in [4.78, 5) is 22.9. The van der Waals surface area contributed by atoms with Crippen molar-refractivity contribution in [3.05, 3.63) is 74.5 Å². The number of nitrogens with zero attached hydrogens (tertiary/aromatic N) is 3. The van der Waals surface area contributed by atoms with Gasteiger partial charge in [-0.15, -0.1) is 0 Å². The maximum atomic E-state index is 12.3. The minimum atomic E-state index is -0.580. The topological polar surface area (TPSA) is 99.3 Å². The second-order valence-corrected chi connectivity index (χ2v) is 6.67. The average Bonchev–Trinajstić information content (AvgIpc) is 3.02. The Kier molecular flexibility index (Phi) is 5.81. The summed E-state index contributed by atoms with van der Waals surface area (Å²) in [5, 5.41) is 18.6. The van der Waals surface area contributed by atoms with Gasteiger partial charge in [0.15, 0.2) is 0 Å². The molecule has 0 atom stereocenters. The van der Waals surface area contributed by atoms with Crippen LogP contribution in [-0.4, -0.2) is 20.6 Å². The molecule has 1 N–H and O–H groups in total. The van der Waals surface area contributed by atoms with Gasteiger partial charge in [0, 0.05) is 29.0 Å². The number of halogens is 2. The summed E-state index contributed by atoms with van der Waals surface area (Å²) in [6, 6.07) is 10.3. The van der Waals surface area contributed by atoms with Crippen LogP contribution < -0.4 is 10.1 Å². The minimum Gasteiger partial charge on any atom is -0.455 e. The summed E-state index contributed by atoms with van der Waals surface area (Å²) >= 11 is 11.9. The zero-order valence-corrected chi connectivity index (χ0v) is 16.1. The smallest absolute Gasteiger partial charge is 0.275 e. The van der Waals surface area contributed by atoms with Crippen molar-refractivity contribution < 1.29 is 14.5 Å². The molecule has 1 heterocycles. The summed E-state index contributed by atoms with van der Waals surface area (Å²) in [5.41, 5.74) is 0.785. The number of carbonyl (C=O) groups is 1. The molecule has 0 saturated heterocycles. The minimum absolute atomic E-state index is 0.0271. The molecular weight excluding hydrogens is 407 g/mol. The van der Waals surface area contributed by atoms with Gasteiger partial charge < -0.3 is 10.1 Å². The highest BCUT2D eigenvalue weighted by Gasteiger charge is 2.15. The van der Waals surface area contributed by atoms with Gasteiger partial charge in [0.2, 0.25) is 5.91 Å². The van der Waals surface area contributed by atoms with Crippen molar-refractivity contribution >= 4 is 40.5 Å². The van der Waals surface area contributed by atoms with Gasteiger partial charge in [0.05, 0.1) is 21.7 Å². The largest absolute Gasteiger partial charge is 0.455 e. The van der Waals surface area contributed by atoms with E-state index in [2.05, 4.69) is 10.4 Å². The molecule has 1 amide bonds. The molecule has 3 rings (SSSR count). The highest BCUT2D eigenvalue weighted by atomic mass is 35.5. The predicted molar refractivity (Wildman–Crippen MR) is 105 cm³/mol. The number of rotatable bonds is 6. The summed E-state index contributed by atoms with van der Waals surface area (Å²) in [6.45, 7) is 1.79. The van der Waals surface area contributed by atoms with E-state index in [1.54, 1.807) is 24.4 Å². The Morgan fingerprint density at radius 3 is 2.68 bits per heavy atom. The number of nitro groups is 1.